The molecule has 19 heavy (non-hydrogen) atoms. The van der Waals surface area contributed by atoms with Crippen molar-refractivity contribution in [1.29, 1.82) is 0 Å². The van der Waals surface area contributed by atoms with E-state index in [2.05, 4.69) is 17.0 Å². The number of benzene rings is 2. The standard InChI is InChI=1S/C16H18N2O/c1-18(12-13-5-3-2-4-6-13)15-9-7-14(8-10-15)16(19)11-17/h2-10H,11-12,17H2,1H3. The minimum atomic E-state index is -0.0303. The lowest BCUT2D eigenvalue weighted by Crippen LogP contribution is -2.17. The number of ketones is 1. The van der Waals surface area contributed by atoms with Gasteiger partial charge in [0.15, 0.2) is 5.78 Å². The van der Waals surface area contributed by atoms with E-state index in [1.807, 2.05) is 49.5 Å². The Kier molecular flexibility index (Phi) is 4.31. The summed E-state index contributed by atoms with van der Waals surface area (Å²) in [7, 11) is 2.03. The van der Waals surface area contributed by atoms with Crippen LogP contribution in [0.4, 0.5) is 5.69 Å². The molecule has 0 spiro atoms. The Labute approximate surface area is 113 Å². The Bertz CT molecular complexity index is 534. The molecule has 3 heteroatoms. The molecule has 0 aliphatic rings. The highest BCUT2D eigenvalue weighted by Gasteiger charge is 2.05. The zero-order valence-corrected chi connectivity index (χ0v) is 11.0. The second-order valence-electron chi connectivity index (χ2n) is 4.52. The molecular weight excluding hydrogens is 236 g/mol. The van der Waals surface area contributed by atoms with Crippen molar-refractivity contribution in [3.8, 4) is 0 Å². The lowest BCUT2D eigenvalue weighted by Gasteiger charge is -2.19. The van der Waals surface area contributed by atoms with Gasteiger partial charge in [-0.3, -0.25) is 4.79 Å². The molecule has 2 N–H and O–H groups in total. The van der Waals surface area contributed by atoms with Gasteiger partial charge in [-0.25, -0.2) is 0 Å². The number of rotatable bonds is 5. The third kappa shape index (κ3) is 3.42. The van der Waals surface area contributed by atoms with E-state index in [-0.39, 0.29) is 12.3 Å². The maximum absolute atomic E-state index is 11.4. The molecular formula is C16H18N2O. The zero-order valence-electron chi connectivity index (χ0n) is 11.0. The number of anilines is 1. The maximum Gasteiger partial charge on any atom is 0.176 e. The van der Waals surface area contributed by atoms with Gasteiger partial charge in [0.1, 0.15) is 0 Å². The first-order valence-corrected chi connectivity index (χ1v) is 6.29. The first-order valence-electron chi connectivity index (χ1n) is 6.29. The summed E-state index contributed by atoms with van der Waals surface area (Å²) in [5.74, 6) is -0.0303. The molecule has 0 aliphatic carbocycles. The predicted molar refractivity (Wildman–Crippen MR) is 78.4 cm³/mol. The van der Waals surface area contributed by atoms with Crippen molar-refractivity contribution in [2.24, 2.45) is 5.73 Å². The molecule has 0 aliphatic heterocycles. The molecule has 2 aromatic rings. The van der Waals surface area contributed by atoms with E-state index in [0.29, 0.717) is 5.56 Å². The molecule has 0 amide bonds. The van der Waals surface area contributed by atoms with Crippen LogP contribution < -0.4 is 10.6 Å². The molecule has 98 valence electrons. The van der Waals surface area contributed by atoms with Crippen molar-refractivity contribution < 1.29 is 4.79 Å². The van der Waals surface area contributed by atoms with Gasteiger partial charge in [0, 0.05) is 24.8 Å². The summed E-state index contributed by atoms with van der Waals surface area (Å²) in [6.45, 7) is 0.893. The second kappa shape index (κ2) is 6.16. The van der Waals surface area contributed by atoms with Gasteiger partial charge < -0.3 is 10.6 Å². The van der Waals surface area contributed by atoms with Crippen LogP contribution in [-0.4, -0.2) is 19.4 Å². The minimum absolute atomic E-state index is 0.0303. The smallest absolute Gasteiger partial charge is 0.176 e. The third-order valence-electron chi connectivity index (χ3n) is 3.08. The first kappa shape index (κ1) is 13.3. The SMILES string of the molecule is CN(Cc1ccccc1)c1ccc(C(=O)CN)cc1. The van der Waals surface area contributed by atoms with Gasteiger partial charge in [-0.2, -0.15) is 0 Å². The lowest BCUT2D eigenvalue weighted by molar-refractivity contribution is 0.100. The Morgan fingerprint density at radius 1 is 1.05 bits per heavy atom. The number of hydrogen-bond acceptors (Lipinski definition) is 3. The number of carbonyl (C=O) groups is 1. The van der Waals surface area contributed by atoms with Crippen molar-refractivity contribution in [3.05, 3.63) is 65.7 Å². The highest BCUT2D eigenvalue weighted by Crippen LogP contribution is 2.16. The van der Waals surface area contributed by atoms with E-state index >= 15 is 0 Å². The minimum Gasteiger partial charge on any atom is -0.370 e. The molecule has 2 aromatic carbocycles. The van der Waals surface area contributed by atoms with E-state index in [1.165, 1.54) is 5.56 Å². The number of nitrogens with two attached hydrogens (primary N) is 1. The fourth-order valence-electron chi connectivity index (χ4n) is 1.97. The molecule has 0 saturated heterocycles. The van der Waals surface area contributed by atoms with Crippen LogP contribution >= 0.6 is 0 Å². The van der Waals surface area contributed by atoms with Gasteiger partial charge in [0.2, 0.25) is 0 Å². The van der Waals surface area contributed by atoms with Crippen molar-refractivity contribution in [1.82, 2.24) is 0 Å². The van der Waals surface area contributed by atoms with Crippen molar-refractivity contribution >= 4 is 11.5 Å². The number of Topliss-reactive ketones (excluding diaryl/α,β-unsaturated/α-hetero) is 1. The molecule has 0 aromatic heterocycles. The van der Waals surface area contributed by atoms with E-state index in [9.17, 15) is 4.79 Å². The van der Waals surface area contributed by atoms with Crippen LogP contribution in [0.1, 0.15) is 15.9 Å². The number of carbonyl (C=O) groups excluding carboxylic acids is 1. The Hall–Kier alpha value is -2.13. The fraction of sp³-hybridized carbons (Fsp3) is 0.188. The van der Waals surface area contributed by atoms with Crippen LogP contribution in [-0.2, 0) is 6.54 Å². The summed E-state index contributed by atoms with van der Waals surface area (Å²) < 4.78 is 0. The van der Waals surface area contributed by atoms with Gasteiger partial charge in [0.05, 0.1) is 6.54 Å². The Balaban J connectivity index is 2.07. The van der Waals surface area contributed by atoms with Gasteiger partial charge in [-0.15, -0.1) is 0 Å². The average molecular weight is 254 g/mol. The highest BCUT2D eigenvalue weighted by atomic mass is 16.1. The van der Waals surface area contributed by atoms with Gasteiger partial charge in [0.25, 0.3) is 0 Å². The normalized spacial score (nSPS) is 10.2. The quantitative estimate of drug-likeness (QED) is 0.834. The van der Waals surface area contributed by atoms with E-state index < -0.39 is 0 Å². The molecule has 0 fully saturated rings. The summed E-state index contributed by atoms with van der Waals surface area (Å²) in [5.41, 5.74) is 8.35. The predicted octanol–water partition coefficient (Wildman–Crippen LogP) is 2.46. The van der Waals surface area contributed by atoms with Crippen LogP contribution in [0.15, 0.2) is 54.6 Å². The summed E-state index contributed by atoms with van der Waals surface area (Å²) in [6.07, 6.45) is 0. The monoisotopic (exact) mass is 254 g/mol. The molecule has 0 heterocycles. The van der Waals surface area contributed by atoms with E-state index in [4.69, 9.17) is 5.73 Å². The van der Waals surface area contributed by atoms with Crippen LogP contribution in [0.25, 0.3) is 0 Å². The molecule has 0 atom stereocenters. The van der Waals surface area contributed by atoms with E-state index in [1.54, 1.807) is 0 Å². The topological polar surface area (TPSA) is 46.3 Å². The Morgan fingerprint density at radius 3 is 2.26 bits per heavy atom. The van der Waals surface area contributed by atoms with Crippen LogP contribution in [0.5, 0.6) is 0 Å². The lowest BCUT2D eigenvalue weighted by atomic mass is 10.1. The first-order chi connectivity index (χ1) is 9.20. The van der Waals surface area contributed by atoms with Crippen LogP contribution in [0, 0.1) is 0 Å². The van der Waals surface area contributed by atoms with Gasteiger partial charge in [-0.1, -0.05) is 30.3 Å². The fourth-order valence-corrected chi connectivity index (χ4v) is 1.97. The highest BCUT2D eigenvalue weighted by molar-refractivity contribution is 5.97. The van der Waals surface area contributed by atoms with Gasteiger partial charge >= 0.3 is 0 Å². The molecule has 0 bridgehead atoms. The van der Waals surface area contributed by atoms with Crippen LogP contribution in [0.2, 0.25) is 0 Å². The van der Waals surface area contributed by atoms with Crippen molar-refractivity contribution in [3.63, 3.8) is 0 Å². The van der Waals surface area contributed by atoms with E-state index in [0.717, 1.165) is 12.2 Å². The molecule has 3 nitrogen and oxygen atoms in total. The summed E-state index contributed by atoms with van der Waals surface area (Å²) in [5, 5.41) is 0. The maximum atomic E-state index is 11.4. The summed E-state index contributed by atoms with van der Waals surface area (Å²) >= 11 is 0. The van der Waals surface area contributed by atoms with Gasteiger partial charge in [-0.05, 0) is 29.8 Å². The average Bonchev–Trinajstić information content (AvgIpc) is 2.47. The zero-order chi connectivity index (χ0) is 13.7. The second-order valence-corrected chi connectivity index (χ2v) is 4.52. The number of nitrogens with zero attached hydrogens (tertiary/aromatic N) is 1. The summed E-state index contributed by atoms with van der Waals surface area (Å²) in [4.78, 5) is 13.6. The number of hydrogen-bond donors (Lipinski definition) is 1. The van der Waals surface area contributed by atoms with Crippen molar-refractivity contribution in [2.45, 2.75) is 6.54 Å². The molecule has 0 unspecified atom stereocenters. The summed E-state index contributed by atoms with van der Waals surface area (Å²) in [6, 6.07) is 17.8. The third-order valence-corrected chi connectivity index (χ3v) is 3.08. The molecule has 0 radical (unpaired) electrons. The Morgan fingerprint density at radius 2 is 1.68 bits per heavy atom. The largest absolute Gasteiger partial charge is 0.370 e. The molecule has 2 rings (SSSR count). The van der Waals surface area contributed by atoms with Crippen LogP contribution in [0.3, 0.4) is 0 Å². The van der Waals surface area contributed by atoms with Crippen molar-refractivity contribution in [2.75, 3.05) is 18.5 Å². The molecule has 0 saturated carbocycles.